The van der Waals surface area contributed by atoms with E-state index in [1.807, 2.05) is 6.08 Å². The summed E-state index contributed by atoms with van der Waals surface area (Å²) in [6.07, 6.45) is 3.27. The van der Waals surface area contributed by atoms with Crippen LogP contribution in [0.4, 0.5) is 0 Å². The minimum atomic E-state index is 0.624. The Balaban J connectivity index is 2.22. The zero-order valence-electron chi connectivity index (χ0n) is 10.0. The van der Waals surface area contributed by atoms with Gasteiger partial charge in [-0.25, -0.2) is 0 Å². The summed E-state index contributed by atoms with van der Waals surface area (Å²) >= 11 is 2.08. The van der Waals surface area contributed by atoms with Gasteiger partial charge in [-0.05, 0) is 20.3 Å². The predicted molar refractivity (Wildman–Crippen MR) is 70.6 cm³/mol. The highest BCUT2D eigenvalue weighted by atomic mass is 32.2. The van der Waals surface area contributed by atoms with Gasteiger partial charge in [0.2, 0.25) is 0 Å². The monoisotopic (exact) mass is 228 g/mol. The Morgan fingerprint density at radius 1 is 1.60 bits per heavy atom. The molecule has 0 aromatic rings. The predicted octanol–water partition coefficient (Wildman–Crippen LogP) is 1.98. The van der Waals surface area contributed by atoms with E-state index in [1.54, 1.807) is 0 Å². The molecule has 1 saturated heterocycles. The largest absolute Gasteiger partial charge is 0.312 e. The maximum atomic E-state index is 3.82. The van der Waals surface area contributed by atoms with Crippen LogP contribution in [-0.2, 0) is 0 Å². The second-order valence-corrected chi connectivity index (χ2v) is 5.54. The quantitative estimate of drug-likeness (QED) is 0.700. The Morgan fingerprint density at radius 3 is 2.93 bits per heavy atom. The van der Waals surface area contributed by atoms with Gasteiger partial charge in [0.05, 0.1) is 0 Å². The van der Waals surface area contributed by atoms with E-state index in [0.29, 0.717) is 6.04 Å². The number of hydrogen-bond donors (Lipinski definition) is 1. The third kappa shape index (κ3) is 5.05. The Morgan fingerprint density at radius 2 is 2.40 bits per heavy atom. The van der Waals surface area contributed by atoms with E-state index in [4.69, 9.17) is 0 Å². The van der Waals surface area contributed by atoms with Crippen molar-refractivity contribution in [3.63, 3.8) is 0 Å². The van der Waals surface area contributed by atoms with Crippen LogP contribution in [0.25, 0.3) is 0 Å². The second-order valence-electron chi connectivity index (χ2n) is 4.39. The summed E-state index contributed by atoms with van der Waals surface area (Å²) in [5, 5.41) is 3.58. The fourth-order valence-electron chi connectivity index (χ4n) is 1.85. The van der Waals surface area contributed by atoms with Gasteiger partial charge >= 0.3 is 0 Å². The van der Waals surface area contributed by atoms with Crippen molar-refractivity contribution in [1.82, 2.24) is 10.2 Å². The van der Waals surface area contributed by atoms with Crippen molar-refractivity contribution in [2.45, 2.75) is 32.4 Å². The zero-order chi connectivity index (χ0) is 11.1. The molecule has 0 aromatic heterocycles. The molecule has 0 radical (unpaired) electrons. The van der Waals surface area contributed by atoms with Crippen LogP contribution in [0, 0.1) is 0 Å². The molecule has 1 unspecified atom stereocenters. The summed E-state index contributed by atoms with van der Waals surface area (Å²) in [5.41, 5.74) is 0. The molecule has 1 aliphatic heterocycles. The van der Waals surface area contributed by atoms with Crippen molar-refractivity contribution in [3.05, 3.63) is 12.7 Å². The van der Waals surface area contributed by atoms with Crippen LogP contribution in [0.3, 0.4) is 0 Å². The highest BCUT2D eigenvalue weighted by Gasteiger charge is 2.15. The van der Waals surface area contributed by atoms with Crippen molar-refractivity contribution in [2.75, 3.05) is 31.1 Å². The van der Waals surface area contributed by atoms with E-state index in [-0.39, 0.29) is 0 Å². The maximum Gasteiger partial charge on any atom is 0.0170 e. The molecule has 1 N–H and O–H groups in total. The van der Waals surface area contributed by atoms with Crippen LogP contribution in [-0.4, -0.2) is 48.1 Å². The SMILES string of the molecule is C=CCN(CCC1CSCCN1)C(C)C. The van der Waals surface area contributed by atoms with Gasteiger partial charge in [0, 0.05) is 43.2 Å². The van der Waals surface area contributed by atoms with Gasteiger partial charge in [-0.15, -0.1) is 6.58 Å². The fourth-order valence-corrected chi connectivity index (χ4v) is 2.85. The van der Waals surface area contributed by atoms with Crippen LogP contribution in [0.2, 0.25) is 0 Å². The molecule has 0 aliphatic carbocycles. The van der Waals surface area contributed by atoms with Crippen molar-refractivity contribution in [2.24, 2.45) is 0 Å². The summed E-state index contributed by atoms with van der Waals surface area (Å²) in [5.74, 6) is 2.55. The molecule has 2 nitrogen and oxygen atoms in total. The number of hydrogen-bond acceptors (Lipinski definition) is 3. The van der Waals surface area contributed by atoms with Gasteiger partial charge in [0.15, 0.2) is 0 Å². The standard InChI is InChI=1S/C12H24N2S/c1-4-7-14(11(2)3)8-5-12-10-15-9-6-13-12/h4,11-13H,1,5-10H2,2-3H3. The van der Waals surface area contributed by atoms with Crippen molar-refractivity contribution in [1.29, 1.82) is 0 Å². The summed E-state index contributed by atoms with van der Waals surface area (Å²) in [4.78, 5) is 2.48. The molecule has 15 heavy (non-hydrogen) atoms. The van der Waals surface area contributed by atoms with Crippen LogP contribution < -0.4 is 5.32 Å². The Hall–Kier alpha value is 0.01000. The highest BCUT2D eigenvalue weighted by molar-refractivity contribution is 7.99. The summed E-state index contributed by atoms with van der Waals surface area (Å²) in [6.45, 7) is 11.7. The topological polar surface area (TPSA) is 15.3 Å². The van der Waals surface area contributed by atoms with Crippen LogP contribution in [0.15, 0.2) is 12.7 Å². The number of nitrogens with zero attached hydrogens (tertiary/aromatic N) is 1. The lowest BCUT2D eigenvalue weighted by atomic mass is 10.2. The molecule has 3 heteroatoms. The third-order valence-electron chi connectivity index (χ3n) is 2.86. The van der Waals surface area contributed by atoms with Gasteiger partial charge in [-0.2, -0.15) is 11.8 Å². The Labute approximate surface area is 98.5 Å². The molecule has 0 aromatic carbocycles. The molecule has 1 rings (SSSR count). The lowest BCUT2D eigenvalue weighted by molar-refractivity contribution is 0.234. The van der Waals surface area contributed by atoms with E-state index in [2.05, 4.69) is 42.4 Å². The van der Waals surface area contributed by atoms with E-state index >= 15 is 0 Å². The van der Waals surface area contributed by atoms with Gasteiger partial charge in [-0.3, -0.25) is 4.90 Å². The van der Waals surface area contributed by atoms with Crippen molar-refractivity contribution < 1.29 is 0 Å². The van der Waals surface area contributed by atoms with Gasteiger partial charge in [0.1, 0.15) is 0 Å². The number of rotatable bonds is 6. The summed E-state index contributed by atoms with van der Waals surface area (Å²) < 4.78 is 0. The summed E-state index contributed by atoms with van der Waals surface area (Å²) in [6, 6.07) is 1.34. The average Bonchev–Trinajstić information content (AvgIpc) is 2.25. The molecule has 1 heterocycles. The molecule has 0 amide bonds. The molecular weight excluding hydrogens is 204 g/mol. The first-order chi connectivity index (χ1) is 7.24. The lowest BCUT2D eigenvalue weighted by Crippen LogP contribution is -2.41. The Bertz CT molecular complexity index is 176. The highest BCUT2D eigenvalue weighted by Crippen LogP contribution is 2.11. The van der Waals surface area contributed by atoms with Gasteiger partial charge < -0.3 is 5.32 Å². The molecule has 88 valence electrons. The number of thioether (sulfide) groups is 1. The molecule has 1 fully saturated rings. The van der Waals surface area contributed by atoms with Crippen molar-refractivity contribution in [3.8, 4) is 0 Å². The van der Waals surface area contributed by atoms with Gasteiger partial charge in [-0.1, -0.05) is 6.08 Å². The van der Waals surface area contributed by atoms with Crippen LogP contribution >= 0.6 is 11.8 Å². The van der Waals surface area contributed by atoms with Gasteiger partial charge in [0.25, 0.3) is 0 Å². The second kappa shape index (κ2) is 7.31. The average molecular weight is 228 g/mol. The van der Waals surface area contributed by atoms with E-state index in [0.717, 1.165) is 12.6 Å². The maximum absolute atomic E-state index is 3.82. The first kappa shape index (κ1) is 13.1. The molecule has 1 atom stereocenters. The van der Waals surface area contributed by atoms with Crippen molar-refractivity contribution >= 4 is 11.8 Å². The molecule has 0 saturated carbocycles. The Kier molecular flexibility index (Phi) is 6.37. The molecule has 0 bridgehead atoms. The van der Waals surface area contributed by atoms with Crippen LogP contribution in [0.1, 0.15) is 20.3 Å². The summed E-state index contributed by atoms with van der Waals surface area (Å²) in [7, 11) is 0. The smallest absolute Gasteiger partial charge is 0.0170 e. The third-order valence-corrected chi connectivity index (χ3v) is 3.99. The minimum absolute atomic E-state index is 0.624. The lowest BCUT2D eigenvalue weighted by Gasteiger charge is -2.29. The van der Waals surface area contributed by atoms with E-state index < -0.39 is 0 Å². The van der Waals surface area contributed by atoms with E-state index in [1.165, 1.54) is 31.0 Å². The fraction of sp³-hybridized carbons (Fsp3) is 0.833. The minimum Gasteiger partial charge on any atom is -0.312 e. The zero-order valence-corrected chi connectivity index (χ0v) is 10.9. The first-order valence-corrected chi connectivity index (χ1v) is 7.05. The number of nitrogens with one attached hydrogen (secondary N) is 1. The normalized spacial score (nSPS) is 22.3. The van der Waals surface area contributed by atoms with Crippen LogP contribution in [0.5, 0.6) is 0 Å². The first-order valence-electron chi connectivity index (χ1n) is 5.90. The van der Waals surface area contributed by atoms with E-state index in [9.17, 15) is 0 Å². The molecule has 0 spiro atoms. The molecular formula is C12H24N2S. The molecule has 1 aliphatic rings.